The number of nitrogen functional groups attached to an aromatic ring is 1. The third-order valence-corrected chi connectivity index (χ3v) is 3.18. The Morgan fingerprint density at radius 2 is 2.28 bits per heavy atom. The maximum absolute atomic E-state index is 11.5. The van der Waals surface area contributed by atoms with Crippen LogP contribution in [0.1, 0.15) is 6.92 Å². The third kappa shape index (κ3) is 2.92. The van der Waals surface area contributed by atoms with Gasteiger partial charge in [-0.1, -0.05) is 12.1 Å². The zero-order chi connectivity index (χ0) is 13.0. The van der Waals surface area contributed by atoms with Crippen LogP contribution in [0.15, 0.2) is 24.3 Å². The van der Waals surface area contributed by atoms with Crippen molar-refractivity contribution in [3.8, 4) is 5.75 Å². The van der Waals surface area contributed by atoms with Gasteiger partial charge in [0, 0.05) is 19.6 Å². The summed E-state index contributed by atoms with van der Waals surface area (Å²) in [5.41, 5.74) is 6.43. The van der Waals surface area contributed by atoms with E-state index in [0.29, 0.717) is 24.6 Å². The molecule has 0 radical (unpaired) electrons. The van der Waals surface area contributed by atoms with Crippen molar-refractivity contribution in [1.29, 1.82) is 0 Å². The fourth-order valence-corrected chi connectivity index (χ4v) is 2.02. The molecule has 0 bridgehead atoms. The number of nitrogens with two attached hydrogens (primary N) is 1. The third-order valence-electron chi connectivity index (χ3n) is 3.18. The normalized spacial score (nSPS) is 20.5. The zero-order valence-electron chi connectivity index (χ0n) is 10.6. The molecule has 5 heteroatoms. The number of benzene rings is 1. The Morgan fingerprint density at radius 3 is 3.06 bits per heavy atom. The van der Waals surface area contributed by atoms with Gasteiger partial charge in [0.25, 0.3) is 0 Å². The van der Waals surface area contributed by atoms with E-state index in [-0.39, 0.29) is 11.9 Å². The fourth-order valence-electron chi connectivity index (χ4n) is 2.02. The molecule has 5 nitrogen and oxygen atoms in total. The molecule has 1 atom stereocenters. The first-order valence-electron chi connectivity index (χ1n) is 6.17. The largest absolute Gasteiger partial charge is 0.490 e. The Kier molecular flexibility index (Phi) is 4.04. The molecule has 1 fully saturated rings. The van der Waals surface area contributed by atoms with Gasteiger partial charge in [-0.15, -0.1) is 0 Å². The summed E-state index contributed by atoms with van der Waals surface area (Å²) < 4.78 is 5.62. The number of anilines is 1. The van der Waals surface area contributed by atoms with Crippen LogP contribution in [0.5, 0.6) is 5.75 Å². The van der Waals surface area contributed by atoms with Crippen LogP contribution < -0.4 is 15.8 Å². The highest BCUT2D eigenvalue weighted by atomic mass is 16.5. The van der Waals surface area contributed by atoms with Crippen molar-refractivity contribution in [3.63, 3.8) is 0 Å². The van der Waals surface area contributed by atoms with Gasteiger partial charge in [-0.05, 0) is 19.1 Å². The smallest absolute Gasteiger partial charge is 0.237 e. The van der Waals surface area contributed by atoms with Crippen LogP contribution in [0.25, 0.3) is 0 Å². The number of para-hydroxylation sites is 2. The molecular weight excluding hydrogens is 230 g/mol. The molecule has 0 saturated carbocycles. The van der Waals surface area contributed by atoms with Gasteiger partial charge in [0.15, 0.2) is 0 Å². The topological polar surface area (TPSA) is 67.6 Å². The van der Waals surface area contributed by atoms with Gasteiger partial charge in [-0.3, -0.25) is 9.69 Å². The van der Waals surface area contributed by atoms with Crippen LogP contribution in [0.4, 0.5) is 5.69 Å². The molecule has 98 valence electrons. The molecule has 1 saturated heterocycles. The monoisotopic (exact) mass is 249 g/mol. The molecule has 2 rings (SSSR count). The van der Waals surface area contributed by atoms with Crippen LogP contribution in [0.3, 0.4) is 0 Å². The SMILES string of the molecule is CC1C(=O)NCCN1CCOc1ccccc1N. The van der Waals surface area contributed by atoms with E-state index in [1.807, 2.05) is 31.2 Å². The van der Waals surface area contributed by atoms with Gasteiger partial charge in [0.05, 0.1) is 11.7 Å². The average molecular weight is 249 g/mol. The first kappa shape index (κ1) is 12.7. The van der Waals surface area contributed by atoms with Gasteiger partial charge >= 0.3 is 0 Å². The first-order chi connectivity index (χ1) is 8.68. The second-order valence-electron chi connectivity index (χ2n) is 4.39. The molecule has 1 aromatic carbocycles. The van der Waals surface area contributed by atoms with Crippen LogP contribution >= 0.6 is 0 Å². The minimum atomic E-state index is -0.0875. The number of rotatable bonds is 4. The van der Waals surface area contributed by atoms with E-state index in [0.717, 1.165) is 13.1 Å². The number of nitrogens with zero attached hydrogens (tertiary/aromatic N) is 1. The second-order valence-corrected chi connectivity index (χ2v) is 4.39. The summed E-state index contributed by atoms with van der Waals surface area (Å²) in [4.78, 5) is 13.6. The van der Waals surface area contributed by atoms with Crippen molar-refractivity contribution < 1.29 is 9.53 Å². The number of hydrogen-bond acceptors (Lipinski definition) is 4. The predicted molar refractivity (Wildman–Crippen MR) is 70.4 cm³/mol. The maximum atomic E-state index is 11.5. The molecule has 0 aromatic heterocycles. The van der Waals surface area contributed by atoms with Crippen molar-refractivity contribution in [3.05, 3.63) is 24.3 Å². The number of nitrogens with one attached hydrogen (secondary N) is 1. The zero-order valence-corrected chi connectivity index (χ0v) is 10.6. The molecule has 1 amide bonds. The number of ether oxygens (including phenoxy) is 1. The molecule has 18 heavy (non-hydrogen) atoms. The van der Waals surface area contributed by atoms with Crippen molar-refractivity contribution >= 4 is 11.6 Å². The van der Waals surface area contributed by atoms with Crippen LogP contribution in [-0.2, 0) is 4.79 Å². The summed E-state index contributed by atoms with van der Waals surface area (Å²) in [6.45, 7) is 4.73. The number of carbonyl (C=O) groups is 1. The van der Waals surface area contributed by atoms with Gasteiger partial charge < -0.3 is 15.8 Å². The highest BCUT2D eigenvalue weighted by Gasteiger charge is 2.24. The predicted octanol–water partition coefficient (Wildman–Crippen LogP) is 0.468. The number of carbonyl (C=O) groups excluding carboxylic acids is 1. The van der Waals surface area contributed by atoms with Gasteiger partial charge in [0.1, 0.15) is 12.4 Å². The molecule has 0 spiro atoms. The quantitative estimate of drug-likeness (QED) is 0.761. The maximum Gasteiger partial charge on any atom is 0.237 e. The number of amides is 1. The Hall–Kier alpha value is -1.75. The molecule has 1 unspecified atom stereocenters. The Labute approximate surface area is 107 Å². The van der Waals surface area contributed by atoms with E-state index in [2.05, 4.69) is 10.2 Å². The van der Waals surface area contributed by atoms with Crippen molar-refractivity contribution in [2.24, 2.45) is 0 Å². The molecule has 1 heterocycles. The molecule has 1 aromatic rings. The summed E-state index contributed by atoms with van der Waals surface area (Å²) in [5.74, 6) is 0.784. The lowest BCUT2D eigenvalue weighted by Crippen LogP contribution is -2.54. The van der Waals surface area contributed by atoms with Crippen LogP contribution in [0, 0.1) is 0 Å². The van der Waals surface area contributed by atoms with E-state index in [1.165, 1.54) is 0 Å². The molecule has 1 aliphatic heterocycles. The van der Waals surface area contributed by atoms with E-state index in [4.69, 9.17) is 10.5 Å². The molecule has 1 aliphatic rings. The van der Waals surface area contributed by atoms with Crippen LogP contribution in [-0.4, -0.2) is 43.1 Å². The molecular formula is C13H19N3O2. The van der Waals surface area contributed by atoms with E-state index in [9.17, 15) is 4.79 Å². The molecule has 3 N–H and O–H groups in total. The highest BCUT2D eigenvalue weighted by molar-refractivity contribution is 5.81. The van der Waals surface area contributed by atoms with Crippen molar-refractivity contribution in [2.75, 3.05) is 32.0 Å². The van der Waals surface area contributed by atoms with E-state index >= 15 is 0 Å². The van der Waals surface area contributed by atoms with Gasteiger partial charge in [-0.25, -0.2) is 0 Å². The lowest BCUT2D eigenvalue weighted by molar-refractivity contribution is -0.128. The number of piperazine rings is 1. The molecule has 0 aliphatic carbocycles. The van der Waals surface area contributed by atoms with Gasteiger partial charge in [0.2, 0.25) is 5.91 Å². The van der Waals surface area contributed by atoms with Crippen LogP contribution in [0.2, 0.25) is 0 Å². The first-order valence-corrected chi connectivity index (χ1v) is 6.17. The Bertz CT molecular complexity index is 422. The summed E-state index contributed by atoms with van der Waals surface area (Å²) in [6, 6.07) is 7.34. The lowest BCUT2D eigenvalue weighted by atomic mass is 10.2. The Morgan fingerprint density at radius 1 is 1.50 bits per heavy atom. The standard InChI is InChI=1S/C13H19N3O2/c1-10-13(17)15-6-7-16(10)8-9-18-12-5-3-2-4-11(12)14/h2-5,10H,6-9,14H2,1H3,(H,15,17). The minimum absolute atomic E-state index is 0.0838. The average Bonchev–Trinajstić information content (AvgIpc) is 2.37. The lowest BCUT2D eigenvalue weighted by Gasteiger charge is -2.32. The number of hydrogen-bond donors (Lipinski definition) is 2. The Balaban J connectivity index is 1.82. The summed E-state index contributed by atoms with van der Waals surface area (Å²) in [5, 5.41) is 2.84. The summed E-state index contributed by atoms with van der Waals surface area (Å²) >= 11 is 0. The summed E-state index contributed by atoms with van der Waals surface area (Å²) in [6.07, 6.45) is 0. The second kappa shape index (κ2) is 5.73. The van der Waals surface area contributed by atoms with Gasteiger partial charge in [-0.2, -0.15) is 0 Å². The van der Waals surface area contributed by atoms with Crippen molar-refractivity contribution in [1.82, 2.24) is 10.2 Å². The highest BCUT2D eigenvalue weighted by Crippen LogP contribution is 2.19. The van der Waals surface area contributed by atoms with E-state index in [1.54, 1.807) is 0 Å². The minimum Gasteiger partial charge on any atom is -0.490 e. The van der Waals surface area contributed by atoms with Crippen molar-refractivity contribution in [2.45, 2.75) is 13.0 Å². The summed E-state index contributed by atoms with van der Waals surface area (Å²) in [7, 11) is 0. The van der Waals surface area contributed by atoms with E-state index < -0.39 is 0 Å². The fraction of sp³-hybridized carbons (Fsp3) is 0.462.